The maximum atomic E-state index is 11.3. The Morgan fingerprint density at radius 3 is 2.00 bits per heavy atom. The van der Waals surface area contributed by atoms with Gasteiger partial charge in [0.15, 0.2) is 6.29 Å². The predicted octanol–water partition coefficient (Wildman–Crippen LogP) is 3.52. The van der Waals surface area contributed by atoms with Crippen LogP contribution in [-0.2, 0) is 23.8 Å². The number of hydrogen-bond donors (Lipinski definition) is 1. The third kappa shape index (κ3) is 15.5. The van der Waals surface area contributed by atoms with E-state index in [1.165, 1.54) is 0 Å². The summed E-state index contributed by atoms with van der Waals surface area (Å²) in [6.45, 7) is 5.97. The van der Waals surface area contributed by atoms with Crippen molar-refractivity contribution in [2.24, 2.45) is 0 Å². The van der Waals surface area contributed by atoms with E-state index in [-0.39, 0.29) is 19.1 Å². The topological polar surface area (TPSA) is 82.1 Å². The minimum atomic E-state index is -0.988. The van der Waals surface area contributed by atoms with Crippen molar-refractivity contribution >= 4 is 11.9 Å². The van der Waals surface area contributed by atoms with Crippen LogP contribution in [0.5, 0.6) is 0 Å². The highest BCUT2D eigenvalue weighted by Gasteiger charge is 2.10. The molecule has 0 unspecified atom stereocenters. The number of carbonyl (C=O) groups is 2. The van der Waals surface area contributed by atoms with Crippen LogP contribution >= 0.6 is 0 Å². The first-order valence-corrected chi connectivity index (χ1v) is 8.70. The smallest absolute Gasteiger partial charge is 0.306 e. The van der Waals surface area contributed by atoms with Crippen LogP contribution in [0.3, 0.4) is 0 Å². The Kier molecular flexibility index (Phi) is 15.0. The predicted molar refractivity (Wildman–Crippen MR) is 87.2 cm³/mol. The Morgan fingerprint density at radius 1 is 0.870 bits per heavy atom. The number of carboxylic acid groups (broad SMARTS) is 1. The SMILES string of the molecule is CCCCOC(CCCCOC(=O)CCC(=O)O)OCCCC. The van der Waals surface area contributed by atoms with E-state index < -0.39 is 11.9 Å². The van der Waals surface area contributed by atoms with Gasteiger partial charge in [0.1, 0.15) is 0 Å². The summed E-state index contributed by atoms with van der Waals surface area (Å²) in [4.78, 5) is 21.6. The van der Waals surface area contributed by atoms with Gasteiger partial charge in [0.25, 0.3) is 0 Å². The third-order valence-electron chi connectivity index (χ3n) is 3.24. The van der Waals surface area contributed by atoms with Gasteiger partial charge in [-0.15, -0.1) is 0 Å². The zero-order valence-corrected chi connectivity index (χ0v) is 14.6. The molecule has 0 amide bonds. The molecule has 136 valence electrons. The highest BCUT2D eigenvalue weighted by atomic mass is 16.7. The monoisotopic (exact) mass is 332 g/mol. The minimum absolute atomic E-state index is 0.0712. The fourth-order valence-electron chi connectivity index (χ4n) is 1.81. The average molecular weight is 332 g/mol. The van der Waals surface area contributed by atoms with Crippen molar-refractivity contribution in [3.8, 4) is 0 Å². The second-order valence-electron chi connectivity index (χ2n) is 5.49. The molecule has 0 rings (SSSR count). The minimum Gasteiger partial charge on any atom is -0.481 e. The molecule has 0 aromatic rings. The van der Waals surface area contributed by atoms with Crippen molar-refractivity contribution in [1.82, 2.24) is 0 Å². The Hall–Kier alpha value is -1.14. The highest BCUT2D eigenvalue weighted by molar-refractivity contribution is 5.76. The molecule has 0 saturated carbocycles. The van der Waals surface area contributed by atoms with E-state index in [2.05, 4.69) is 13.8 Å². The fraction of sp³-hybridized carbons (Fsp3) is 0.882. The Labute approximate surface area is 139 Å². The molecule has 0 radical (unpaired) electrons. The first-order valence-electron chi connectivity index (χ1n) is 8.70. The number of rotatable bonds is 16. The van der Waals surface area contributed by atoms with Crippen molar-refractivity contribution in [2.75, 3.05) is 19.8 Å². The van der Waals surface area contributed by atoms with E-state index in [1.807, 2.05) is 0 Å². The number of carbonyl (C=O) groups excluding carboxylic acids is 1. The van der Waals surface area contributed by atoms with Crippen molar-refractivity contribution < 1.29 is 28.9 Å². The Balaban J connectivity index is 3.74. The molecular weight excluding hydrogens is 300 g/mol. The van der Waals surface area contributed by atoms with Crippen LogP contribution in [0.1, 0.15) is 71.6 Å². The van der Waals surface area contributed by atoms with Gasteiger partial charge in [0.05, 0.1) is 19.4 Å². The van der Waals surface area contributed by atoms with Crippen LogP contribution in [-0.4, -0.2) is 43.2 Å². The third-order valence-corrected chi connectivity index (χ3v) is 3.24. The maximum absolute atomic E-state index is 11.3. The summed E-state index contributed by atoms with van der Waals surface area (Å²) in [6.07, 6.45) is 6.14. The molecule has 1 N–H and O–H groups in total. The van der Waals surface area contributed by atoms with Gasteiger partial charge in [-0.1, -0.05) is 26.7 Å². The van der Waals surface area contributed by atoms with E-state index in [0.29, 0.717) is 19.8 Å². The number of ether oxygens (including phenoxy) is 3. The number of aliphatic carboxylic acids is 1. The normalized spacial score (nSPS) is 10.9. The standard InChI is InChI=1S/C17H32O6/c1-3-5-12-22-17(23-13-6-4-2)9-7-8-14-21-16(20)11-10-15(18)19/h17H,3-14H2,1-2H3,(H,18,19). The highest BCUT2D eigenvalue weighted by Crippen LogP contribution is 2.09. The quantitative estimate of drug-likeness (QED) is 0.264. The van der Waals surface area contributed by atoms with E-state index >= 15 is 0 Å². The van der Waals surface area contributed by atoms with E-state index in [1.54, 1.807) is 0 Å². The van der Waals surface area contributed by atoms with E-state index in [9.17, 15) is 9.59 Å². The number of carboxylic acids is 1. The summed E-state index contributed by atoms with van der Waals surface area (Å²) in [6, 6.07) is 0. The van der Waals surface area contributed by atoms with E-state index in [0.717, 1.165) is 44.9 Å². The molecule has 0 spiro atoms. The van der Waals surface area contributed by atoms with Crippen molar-refractivity contribution in [2.45, 2.75) is 77.9 Å². The van der Waals surface area contributed by atoms with Gasteiger partial charge in [-0.05, 0) is 32.1 Å². The number of unbranched alkanes of at least 4 members (excludes halogenated alkanes) is 3. The summed E-state index contributed by atoms with van der Waals surface area (Å²) in [7, 11) is 0. The molecule has 23 heavy (non-hydrogen) atoms. The zero-order chi connectivity index (χ0) is 17.3. The fourth-order valence-corrected chi connectivity index (χ4v) is 1.81. The van der Waals surface area contributed by atoms with Gasteiger partial charge >= 0.3 is 11.9 Å². The lowest BCUT2D eigenvalue weighted by atomic mass is 10.2. The van der Waals surface area contributed by atoms with Crippen molar-refractivity contribution in [3.05, 3.63) is 0 Å². The zero-order valence-electron chi connectivity index (χ0n) is 14.6. The van der Waals surface area contributed by atoms with Crippen LogP contribution in [0.4, 0.5) is 0 Å². The lowest BCUT2D eigenvalue weighted by Crippen LogP contribution is -2.19. The van der Waals surface area contributed by atoms with Gasteiger partial charge in [-0.2, -0.15) is 0 Å². The first-order chi connectivity index (χ1) is 11.1. The molecule has 0 aromatic carbocycles. The molecule has 0 aliphatic rings. The average Bonchev–Trinajstić information content (AvgIpc) is 2.52. The molecule has 6 heteroatoms. The lowest BCUT2D eigenvalue weighted by Gasteiger charge is -2.18. The molecule has 0 bridgehead atoms. The summed E-state index contributed by atoms with van der Waals surface area (Å²) >= 11 is 0. The number of hydrogen-bond acceptors (Lipinski definition) is 5. The molecule has 0 aromatic heterocycles. The Bertz CT molecular complexity index is 295. The largest absolute Gasteiger partial charge is 0.481 e. The molecule has 0 heterocycles. The van der Waals surface area contributed by atoms with Gasteiger partial charge in [-0.25, -0.2) is 0 Å². The van der Waals surface area contributed by atoms with E-state index in [4.69, 9.17) is 19.3 Å². The van der Waals surface area contributed by atoms with Gasteiger partial charge < -0.3 is 19.3 Å². The molecule has 0 saturated heterocycles. The van der Waals surface area contributed by atoms with Crippen LogP contribution < -0.4 is 0 Å². The molecule has 0 fully saturated rings. The van der Waals surface area contributed by atoms with Crippen molar-refractivity contribution in [3.63, 3.8) is 0 Å². The number of esters is 1. The molecule has 0 aliphatic heterocycles. The molecule has 0 aliphatic carbocycles. The molecular formula is C17H32O6. The molecule has 6 nitrogen and oxygen atoms in total. The second kappa shape index (κ2) is 15.7. The van der Waals surface area contributed by atoms with Gasteiger partial charge in [0.2, 0.25) is 0 Å². The van der Waals surface area contributed by atoms with Crippen LogP contribution in [0.2, 0.25) is 0 Å². The summed E-state index contributed by atoms with van der Waals surface area (Å²) < 4.78 is 16.4. The Morgan fingerprint density at radius 2 is 1.48 bits per heavy atom. The lowest BCUT2D eigenvalue weighted by molar-refractivity contribution is -0.150. The van der Waals surface area contributed by atoms with Gasteiger partial charge in [0, 0.05) is 13.2 Å². The van der Waals surface area contributed by atoms with Crippen LogP contribution in [0.15, 0.2) is 0 Å². The summed E-state index contributed by atoms with van der Waals surface area (Å²) in [5.41, 5.74) is 0. The summed E-state index contributed by atoms with van der Waals surface area (Å²) in [5.74, 6) is -1.44. The van der Waals surface area contributed by atoms with Crippen molar-refractivity contribution in [1.29, 1.82) is 0 Å². The van der Waals surface area contributed by atoms with Crippen LogP contribution in [0.25, 0.3) is 0 Å². The summed E-state index contributed by atoms with van der Waals surface area (Å²) in [5, 5.41) is 8.47. The first kappa shape index (κ1) is 21.9. The van der Waals surface area contributed by atoms with Crippen LogP contribution in [0, 0.1) is 0 Å². The molecule has 0 atom stereocenters. The second-order valence-corrected chi connectivity index (χ2v) is 5.49. The maximum Gasteiger partial charge on any atom is 0.306 e. The van der Waals surface area contributed by atoms with Gasteiger partial charge in [-0.3, -0.25) is 9.59 Å².